The highest BCUT2D eigenvalue weighted by atomic mass is 16.6. The number of esters is 1. The fraction of sp³-hybridized carbons (Fsp3) is 0.385. The number of rotatable bonds is 3. The van der Waals surface area contributed by atoms with Gasteiger partial charge in [-0.05, 0) is 25.3 Å². The van der Waals surface area contributed by atoms with Gasteiger partial charge in [0.25, 0.3) is 11.6 Å². The number of nitro groups is 1. The molecule has 20 heavy (non-hydrogen) atoms. The second-order valence-corrected chi connectivity index (χ2v) is 4.42. The minimum absolute atomic E-state index is 0.145. The van der Waals surface area contributed by atoms with Gasteiger partial charge in [0, 0.05) is 17.7 Å². The lowest BCUT2D eigenvalue weighted by molar-refractivity contribution is -0.384. The van der Waals surface area contributed by atoms with E-state index in [0.717, 1.165) is 0 Å². The lowest BCUT2D eigenvalue weighted by Gasteiger charge is -2.13. The Hall–Kier alpha value is -2.44. The Morgan fingerprint density at radius 2 is 2.30 bits per heavy atom. The van der Waals surface area contributed by atoms with Crippen LogP contribution in [0.5, 0.6) is 0 Å². The lowest BCUT2D eigenvalue weighted by atomic mass is 10.0. The van der Waals surface area contributed by atoms with E-state index in [1.807, 2.05) is 0 Å². The van der Waals surface area contributed by atoms with Crippen LogP contribution in [0.2, 0.25) is 0 Å². The van der Waals surface area contributed by atoms with Crippen LogP contribution in [0.15, 0.2) is 18.2 Å². The number of nitro benzene ring substituents is 1. The minimum atomic E-state index is -0.714. The van der Waals surface area contributed by atoms with Crippen LogP contribution in [-0.4, -0.2) is 29.4 Å². The zero-order chi connectivity index (χ0) is 14.7. The minimum Gasteiger partial charge on any atom is -0.464 e. The highest BCUT2D eigenvalue weighted by Crippen LogP contribution is 2.22. The van der Waals surface area contributed by atoms with Gasteiger partial charge in [-0.2, -0.15) is 0 Å². The van der Waals surface area contributed by atoms with E-state index in [-0.39, 0.29) is 17.9 Å². The molecule has 0 spiro atoms. The zero-order valence-electron chi connectivity index (χ0n) is 10.9. The van der Waals surface area contributed by atoms with E-state index < -0.39 is 22.8 Å². The summed E-state index contributed by atoms with van der Waals surface area (Å²) in [6, 6.07) is 3.43. The second kappa shape index (κ2) is 5.68. The maximum absolute atomic E-state index is 12.1. The molecule has 7 nitrogen and oxygen atoms in total. The van der Waals surface area contributed by atoms with Gasteiger partial charge in [-0.1, -0.05) is 6.07 Å². The zero-order valence-corrected chi connectivity index (χ0v) is 10.9. The molecule has 0 saturated heterocycles. The van der Waals surface area contributed by atoms with Crippen molar-refractivity contribution in [2.75, 3.05) is 6.61 Å². The normalized spacial score (nSPS) is 17.6. The number of ether oxygens (including phenoxy) is 1. The molecular weight excluding hydrogens is 264 g/mol. The van der Waals surface area contributed by atoms with E-state index in [4.69, 9.17) is 4.74 Å². The molecule has 0 aromatic heterocycles. The molecule has 1 unspecified atom stereocenters. The summed E-state index contributed by atoms with van der Waals surface area (Å²) in [5, 5.41) is 13.3. The SMILES string of the molecule is CCOC(=O)C1CCc2ccc([N+](=O)[O-])cc2C(=O)N1. The first-order valence-corrected chi connectivity index (χ1v) is 6.27. The summed E-state index contributed by atoms with van der Waals surface area (Å²) in [5.41, 5.74) is 0.791. The molecule has 7 heteroatoms. The van der Waals surface area contributed by atoms with Gasteiger partial charge in [-0.3, -0.25) is 14.9 Å². The number of fused-ring (bicyclic) bond motifs is 1. The van der Waals surface area contributed by atoms with E-state index in [2.05, 4.69) is 5.32 Å². The molecule has 1 heterocycles. The van der Waals surface area contributed by atoms with Crippen molar-refractivity contribution in [3.05, 3.63) is 39.4 Å². The van der Waals surface area contributed by atoms with Crippen LogP contribution in [0.4, 0.5) is 5.69 Å². The molecule has 0 bridgehead atoms. The third-order valence-corrected chi connectivity index (χ3v) is 3.13. The summed E-state index contributed by atoms with van der Waals surface area (Å²) < 4.78 is 4.88. The Balaban J connectivity index is 2.26. The number of benzene rings is 1. The topological polar surface area (TPSA) is 98.5 Å². The molecule has 0 saturated carbocycles. The van der Waals surface area contributed by atoms with Crippen LogP contribution >= 0.6 is 0 Å². The van der Waals surface area contributed by atoms with Crippen molar-refractivity contribution in [3.63, 3.8) is 0 Å². The van der Waals surface area contributed by atoms with Crippen molar-refractivity contribution in [1.29, 1.82) is 0 Å². The number of amides is 1. The summed E-state index contributed by atoms with van der Waals surface area (Å²) in [6.07, 6.45) is 0.894. The third kappa shape index (κ3) is 2.76. The highest BCUT2D eigenvalue weighted by Gasteiger charge is 2.28. The molecule has 0 aliphatic carbocycles. The molecule has 1 amide bonds. The molecule has 1 aliphatic rings. The van der Waals surface area contributed by atoms with Crippen LogP contribution in [0.25, 0.3) is 0 Å². The Bertz CT molecular complexity index is 570. The summed E-state index contributed by atoms with van der Waals surface area (Å²) in [6.45, 7) is 1.93. The average Bonchev–Trinajstić information content (AvgIpc) is 2.58. The summed E-state index contributed by atoms with van der Waals surface area (Å²) in [7, 11) is 0. The second-order valence-electron chi connectivity index (χ2n) is 4.42. The van der Waals surface area contributed by atoms with Gasteiger partial charge in [0.15, 0.2) is 0 Å². The fourth-order valence-electron chi connectivity index (χ4n) is 2.14. The van der Waals surface area contributed by atoms with Gasteiger partial charge in [0.2, 0.25) is 0 Å². The van der Waals surface area contributed by atoms with Crippen LogP contribution in [0.1, 0.15) is 29.3 Å². The van der Waals surface area contributed by atoms with Gasteiger partial charge in [-0.25, -0.2) is 4.79 Å². The average molecular weight is 278 g/mol. The third-order valence-electron chi connectivity index (χ3n) is 3.13. The predicted molar refractivity (Wildman–Crippen MR) is 69.3 cm³/mol. The van der Waals surface area contributed by atoms with Crippen LogP contribution in [0.3, 0.4) is 0 Å². The standard InChI is InChI=1S/C13H14N2O5/c1-2-20-13(17)11-6-4-8-3-5-9(15(18)19)7-10(8)12(16)14-11/h3,5,7,11H,2,4,6H2,1H3,(H,14,16). The van der Waals surface area contributed by atoms with E-state index in [1.54, 1.807) is 13.0 Å². The Kier molecular flexibility index (Phi) is 3.97. The van der Waals surface area contributed by atoms with Crippen molar-refractivity contribution < 1.29 is 19.2 Å². The van der Waals surface area contributed by atoms with Gasteiger partial charge < -0.3 is 10.1 Å². The number of carbonyl (C=O) groups is 2. The van der Waals surface area contributed by atoms with E-state index >= 15 is 0 Å². The van der Waals surface area contributed by atoms with Gasteiger partial charge in [0.05, 0.1) is 11.5 Å². The van der Waals surface area contributed by atoms with E-state index in [0.29, 0.717) is 18.4 Å². The number of nitrogens with one attached hydrogen (secondary N) is 1. The Morgan fingerprint density at radius 3 is 2.95 bits per heavy atom. The van der Waals surface area contributed by atoms with Crippen molar-refractivity contribution in [2.24, 2.45) is 0 Å². The molecule has 1 N–H and O–H groups in total. The molecule has 0 fully saturated rings. The lowest BCUT2D eigenvalue weighted by Crippen LogP contribution is -2.40. The Labute approximate surface area is 115 Å². The summed E-state index contributed by atoms with van der Waals surface area (Å²) in [5.74, 6) is -0.970. The van der Waals surface area contributed by atoms with Gasteiger partial charge >= 0.3 is 5.97 Å². The summed E-state index contributed by atoms with van der Waals surface area (Å²) >= 11 is 0. The molecular formula is C13H14N2O5. The first kappa shape index (κ1) is 14.0. The monoisotopic (exact) mass is 278 g/mol. The van der Waals surface area contributed by atoms with Crippen LogP contribution in [-0.2, 0) is 16.0 Å². The highest BCUT2D eigenvalue weighted by molar-refractivity contribution is 5.99. The fourth-order valence-corrected chi connectivity index (χ4v) is 2.14. The molecule has 2 rings (SSSR count). The van der Waals surface area contributed by atoms with E-state index in [9.17, 15) is 19.7 Å². The maximum atomic E-state index is 12.1. The molecule has 1 aliphatic heterocycles. The van der Waals surface area contributed by atoms with Gasteiger partial charge in [-0.15, -0.1) is 0 Å². The number of nitrogens with zero attached hydrogens (tertiary/aromatic N) is 1. The molecule has 106 valence electrons. The first-order chi connectivity index (χ1) is 9.52. The number of aryl methyl sites for hydroxylation is 1. The summed E-state index contributed by atoms with van der Waals surface area (Å²) in [4.78, 5) is 33.9. The van der Waals surface area contributed by atoms with Crippen molar-refractivity contribution >= 4 is 17.6 Å². The van der Waals surface area contributed by atoms with E-state index in [1.165, 1.54) is 12.1 Å². The predicted octanol–water partition coefficient (Wildman–Crippen LogP) is 1.20. The van der Waals surface area contributed by atoms with Crippen molar-refractivity contribution in [2.45, 2.75) is 25.8 Å². The first-order valence-electron chi connectivity index (χ1n) is 6.27. The smallest absolute Gasteiger partial charge is 0.328 e. The van der Waals surface area contributed by atoms with Crippen molar-refractivity contribution in [1.82, 2.24) is 5.32 Å². The molecule has 1 aromatic rings. The molecule has 0 radical (unpaired) electrons. The Morgan fingerprint density at radius 1 is 1.55 bits per heavy atom. The number of non-ortho nitro benzene ring substituents is 1. The maximum Gasteiger partial charge on any atom is 0.328 e. The molecule has 1 aromatic carbocycles. The molecule has 1 atom stereocenters. The largest absolute Gasteiger partial charge is 0.464 e. The van der Waals surface area contributed by atoms with Crippen molar-refractivity contribution in [3.8, 4) is 0 Å². The number of carbonyl (C=O) groups excluding carboxylic acids is 2. The number of hydrogen-bond donors (Lipinski definition) is 1. The van der Waals surface area contributed by atoms with Crippen LogP contribution < -0.4 is 5.32 Å². The quantitative estimate of drug-likeness (QED) is 0.509. The number of hydrogen-bond acceptors (Lipinski definition) is 5. The van der Waals surface area contributed by atoms with Gasteiger partial charge in [0.1, 0.15) is 6.04 Å². The van der Waals surface area contributed by atoms with Crippen LogP contribution in [0, 0.1) is 10.1 Å².